The first-order valence-corrected chi connectivity index (χ1v) is 11.2. The van der Waals surface area contributed by atoms with Gasteiger partial charge in [0.25, 0.3) is 5.56 Å². The van der Waals surface area contributed by atoms with Gasteiger partial charge in [-0.2, -0.15) is 0 Å². The van der Waals surface area contributed by atoms with E-state index in [-0.39, 0.29) is 11.1 Å². The van der Waals surface area contributed by atoms with Crippen molar-refractivity contribution in [3.63, 3.8) is 0 Å². The van der Waals surface area contributed by atoms with Crippen LogP contribution in [-0.4, -0.2) is 19.2 Å². The molecule has 8 heteroatoms. The molecule has 0 aliphatic heterocycles. The van der Waals surface area contributed by atoms with Crippen molar-refractivity contribution in [3.05, 3.63) is 62.5 Å². The molecule has 0 atom stereocenters. The van der Waals surface area contributed by atoms with Crippen molar-refractivity contribution in [1.29, 1.82) is 0 Å². The fourth-order valence-electron chi connectivity index (χ4n) is 4.51. The highest BCUT2D eigenvalue weighted by atomic mass is 35.5. The van der Waals surface area contributed by atoms with E-state index in [4.69, 9.17) is 11.6 Å². The van der Waals surface area contributed by atoms with Gasteiger partial charge >= 0.3 is 0 Å². The van der Waals surface area contributed by atoms with Crippen molar-refractivity contribution in [3.8, 4) is 0 Å². The standard InChI is InChI=1S/C21H22ClN5OS/c1-26-19(28)18-16(9-12-29-18)27-17(24-25-20(26)27)13-23-21(10-3-2-4-11-21)14-5-7-15(22)8-6-14/h5-9,12,23H,2-4,10-11,13H2,1H3. The summed E-state index contributed by atoms with van der Waals surface area (Å²) in [5, 5.41) is 15.2. The normalized spacial score (nSPS) is 16.6. The molecule has 0 bridgehead atoms. The summed E-state index contributed by atoms with van der Waals surface area (Å²) in [6.07, 6.45) is 5.82. The van der Waals surface area contributed by atoms with Crippen molar-refractivity contribution in [2.45, 2.75) is 44.2 Å². The number of fused-ring (bicyclic) bond motifs is 3. The Morgan fingerprint density at radius 2 is 1.90 bits per heavy atom. The van der Waals surface area contributed by atoms with Gasteiger partial charge in [0.2, 0.25) is 5.78 Å². The Kier molecular flexibility index (Phi) is 4.69. The lowest BCUT2D eigenvalue weighted by molar-refractivity contribution is 0.229. The molecular formula is C21H22ClN5OS. The van der Waals surface area contributed by atoms with Crippen LogP contribution in [0.25, 0.3) is 16.0 Å². The number of benzene rings is 1. The summed E-state index contributed by atoms with van der Waals surface area (Å²) in [5.41, 5.74) is 2.02. The second kappa shape index (κ2) is 7.23. The maximum atomic E-state index is 12.5. The van der Waals surface area contributed by atoms with Crippen LogP contribution in [0.1, 0.15) is 43.5 Å². The fourth-order valence-corrected chi connectivity index (χ4v) is 5.48. The predicted molar refractivity (Wildman–Crippen MR) is 117 cm³/mol. The molecule has 1 aliphatic rings. The number of nitrogens with zero attached hydrogens (tertiary/aromatic N) is 4. The summed E-state index contributed by atoms with van der Waals surface area (Å²) in [6, 6.07) is 10.2. The summed E-state index contributed by atoms with van der Waals surface area (Å²) < 4.78 is 4.30. The number of halogens is 1. The molecule has 0 saturated heterocycles. The van der Waals surface area contributed by atoms with Crippen molar-refractivity contribution >= 4 is 38.9 Å². The summed E-state index contributed by atoms with van der Waals surface area (Å²) in [4.78, 5) is 12.5. The molecule has 5 rings (SSSR count). The third kappa shape index (κ3) is 3.08. The quantitative estimate of drug-likeness (QED) is 0.529. The number of hydrogen-bond donors (Lipinski definition) is 1. The molecule has 1 N–H and O–H groups in total. The van der Waals surface area contributed by atoms with Gasteiger partial charge in [-0.3, -0.25) is 13.8 Å². The predicted octanol–water partition coefficient (Wildman–Crippen LogP) is 4.25. The SMILES string of the molecule is Cn1c(=O)c2sccc2n2c(CNC3(c4ccc(Cl)cc4)CCCCC3)nnc12. The van der Waals surface area contributed by atoms with E-state index in [2.05, 4.69) is 27.6 Å². The van der Waals surface area contributed by atoms with Gasteiger partial charge in [0, 0.05) is 17.6 Å². The smallest absolute Gasteiger partial charge is 0.272 e. The van der Waals surface area contributed by atoms with E-state index >= 15 is 0 Å². The lowest BCUT2D eigenvalue weighted by Crippen LogP contribution is -2.43. The number of nitrogens with one attached hydrogen (secondary N) is 1. The zero-order chi connectivity index (χ0) is 20.0. The summed E-state index contributed by atoms with van der Waals surface area (Å²) in [5.74, 6) is 1.39. The molecule has 1 saturated carbocycles. The Labute approximate surface area is 177 Å². The highest BCUT2D eigenvalue weighted by molar-refractivity contribution is 7.17. The Bertz CT molecular complexity index is 1230. The van der Waals surface area contributed by atoms with Crippen molar-refractivity contribution in [2.75, 3.05) is 0 Å². The van der Waals surface area contributed by atoms with Crippen molar-refractivity contribution in [2.24, 2.45) is 7.05 Å². The first-order valence-electron chi connectivity index (χ1n) is 9.90. The van der Waals surface area contributed by atoms with Gasteiger partial charge in [0.1, 0.15) is 4.70 Å². The second-order valence-corrected chi connectivity index (χ2v) is 9.11. The molecule has 0 amide bonds. The molecule has 0 unspecified atom stereocenters. The van der Waals surface area contributed by atoms with Gasteiger partial charge in [-0.25, -0.2) is 0 Å². The van der Waals surface area contributed by atoms with Crippen molar-refractivity contribution in [1.82, 2.24) is 24.5 Å². The third-order valence-corrected chi connectivity index (χ3v) is 7.23. The van der Waals surface area contributed by atoms with Crippen LogP contribution in [0.3, 0.4) is 0 Å². The van der Waals surface area contributed by atoms with Crippen LogP contribution < -0.4 is 10.9 Å². The Morgan fingerprint density at radius 1 is 1.14 bits per heavy atom. The molecule has 4 aromatic rings. The minimum absolute atomic E-state index is 0.0284. The fraction of sp³-hybridized carbons (Fsp3) is 0.381. The number of hydrogen-bond acceptors (Lipinski definition) is 5. The zero-order valence-corrected chi connectivity index (χ0v) is 17.8. The monoisotopic (exact) mass is 427 g/mol. The van der Waals surface area contributed by atoms with E-state index in [1.165, 1.54) is 36.2 Å². The van der Waals surface area contributed by atoms with E-state index in [9.17, 15) is 4.79 Å². The number of rotatable bonds is 4. The summed E-state index contributed by atoms with van der Waals surface area (Å²) in [7, 11) is 1.75. The Morgan fingerprint density at radius 3 is 2.66 bits per heavy atom. The molecule has 0 radical (unpaired) electrons. The Hall–Kier alpha value is -2.22. The van der Waals surface area contributed by atoms with Gasteiger partial charge in [-0.1, -0.05) is 43.0 Å². The molecule has 6 nitrogen and oxygen atoms in total. The van der Waals surface area contributed by atoms with E-state index in [1.807, 2.05) is 28.0 Å². The van der Waals surface area contributed by atoms with Crippen molar-refractivity contribution < 1.29 is 0 Å². The summed E-state index contributed by atoms with van der Waals surface area (Å²) in [6.45, 7) is 0.576. The first-order chi connectivity index (χ1) is 14.1. The van der Waals surface area contributed by atoms with E-state index in [0.717, 1.165) is 33.9 Å². The highest BCUT2D eigenvalue weighted by Gasteiger charge is 2.33. The maximum absolute atomic E-state index is 12.5. The van der Waals surface area contributed by atoms with Crippen LogP contribution in [0, 0.1) is 0 Å². The van der Waals surface area contributed by atoms with Crippen LogP contribution in [0.2, 0.25) is 5.02 Å². The van der Waals surface area contributed by atoms with Crippen LogP contribution in [0.5, 0.6) is 0 Å². The van der Waals surface area contributed by atoms with Gasteiger partial charge < -0.3 is 5.32 Å². The molecular weight excluding hydrogens is 406 g/mol. The lowest BCUT2D eigenvalue weighted by atomic mass is 9.76. The van der Waals surface area contributed by atoms with E-state index < -0.39 is 0 Å². The average Bonchev–Trinajstić information content (AvgIpc) is 3.39. The largest absolute Gasteiger partial charge is 0.300 e. The minimum atomic E-state index is -0.0942. The lowest BCUT2D eigenvalue weighted by Gasteiger charge is -2.39. The molecule has 3 aromatic heterocycles. The molecule has 1 aromatic carbocycles. The number of aryl methyl sites for hydroxylation is 1. The highest BCUT2D eigenvalue weighted by Crippen LogP contribution is 2.38. The van der Waals surface area contributed by atoms with Crippen LogP contribution in [0.15, 0.2) is 40.5 Å². The molecule has 150 valence electrons. The number of thiophene rings is 1. The molecule has 3 heterocycles. The molecule has 29 heavy (non-hydrogen) atoms. The third-order valence-electron chi connectivity index (χ3n) is 6.09. The second-order valence-electron chi connectivity index (χ2n) is 7.75. The topological polar surface area (TPSA) is 64.2 Å². The van der Waals surface area contributed by atoms with Gasteiger partial charge in [-0.15, -0.1) is 21.5 Å². The molecule has 1 aliphatic carbocycles. The van der Waals surface area contributed by atoms with Crippen LogP contribution in [0.4, 0.5) is 0 Å². The number of aromatic nitrogens is 4. The summed E-state index contributed by atoms with van der Waals surface area (Å²) >= 11 is 7.58. The van der Waals surface area contributed by atoms with Gasteiger partial charge in [0.15, 0.2) is 5.82 Å². The van der Waals surface area contributed by atoms with Gasteiger partial charge in [-0.05, 0) is 42.0 Å². The van der Waals surface area contributed by atoms with Gasteiger partial charge in [0.05, 0.1) is 12.1 Å². The average molecular weight is 428 g/mol. The Balaban J connectivity index is 1.55. The van der Waals surface area contributed by atoms with E-state index in [0.29, 0.717) is 12.3 Å². The van der Waals surface area contributed by atoms with Crippen LogP contribution in [-0.2, 0) is 19.1 Å². The maximum Gasteiger partial charge on any atom is 0.272 e. The van der Waals surface area contributed by atoms with E-state index in [1.54, 1.807) is 11.6 Å². The minimum Gasteiger partial charge on any atom is -0.300 e. The molecule has 0 spiro atoms. The zero-order valence-electron chi connectivity index (χ0n) is 16.2. The first kappa shape index (κ1) is 18.8. The molecule has 1 fully saturated rings. The van der Waals surface area contributed by atoms with Crippen LogP contribution >= 0.6 is 22.9 Å².